The van der Waals surface area contributed by atoms with E-state index in [0.29, 0.717) is 11.0 Å². The zero-order valence-electron chi connectivity index (χ0n) is 11.5. The Bertz CT molecular complexity index is 531. The van der Waals surface area contributed by atoms with Crippen molar-refractivity contribution >= 4 is 26.0 Å². The van der Waals surface area contributed by atoms with Gasteiger partial charge in [0.2, 0.25) is 10.0 Å². The summed E-state index contributed by atoms with van der Waals surface area (Å²) in [5.74, 6) is 0.289. The molecule has 1 aromatic carbocycles. The van der Waals surface area contributed by atoms with Gasteiger partial charge in [0.05, 0.1) is 4.90 Å². The van der Waals surface area contributed by atoms with Gasteiger partial charge >= 0.3 is 0 Å². The molecule has 0 heterocycles. The highest BCUT2D eigenvalue weighted by Gasteiger charge is 2.22. The summed E-state index contributed by atoms with van der Waals surface area (Å²) in [5, 5.41) is 0. The third-order valence-corrected chi connectivity index (χ3v) is 5.90. The number of nitrogens with one attached hydrogen (secondary N) is 1. The predicted octanol–water partition coefficient (Wildman–Crippen LogP) is 2.62. The van der Waals surface area contributed by atoms with Gasteiger partial charge in [0, 0.05) is 17.1 Å². The van der Waals surface area contributed by atoms with Crippen LogP contribution in [0.1, 0.15) is 32.8 Å². The number of benzene rings is 1. The topological polar surface area (TPSA) is 72.2 Å². The Kier molecular flexibility index (Phi) is 5.98. The van der Waals surface area contributed by atoms with E-state index in [1.165, 1.54) is 0 Å². The van der Waals surface area contributed by atoms with Crippen molar-refractivity contribution in [3.63, 3.8) is 0 Å². The van der Waals surface area contributed by atoms with E-state index in [9.17, 15) is 8.42 Å². The van der Waals surface area contributed by atoms with Crippen LogP contribution in [0.5, 0.6) is 0 Å². The van der Waals surface area contributed by atoms with E-state index in [1.54, 1.807) is 18.2 Å². The summed E-state index contributed by atoms with van der Waals surface area (Å²) in [6.45, 7) is 6.34. The van der Waals surface area contributed by atoms with Crippen molar-refractivity contribution in [2.75, 3.05) is 0 Å². The molecule has 0 aliphatic heterocycles. The molecule has 0 fully saturated rings. The van der Waals surface area contributed by atoms with Gasteiger partial charge in [-0.2, -0.15) is 0 Å². The Morgan fingerprint density at radius 1 is 1.37 bits per heavy atom. The van der Waals surface area contributed by atoms with Crippen LogP contribution in [-0.4, -0.2) is 14.5 Å². The molecule has 4 nitrogen and oxygen atoms in total. The van der Waals surface area contributed by atoms with Crippen molar-refractivity contribution < 1.29 is 8.42 Å². The highest BCUT2D eigenvalue weighted by Crippen LogP contribution is 2.24. The minimum Gasteiger partial charge on any atom is -0.326 e. The summed E-state index contributed by atoms with van der Waals surface area (Å²) in [6, 6.07) is 4.95. The molecule has 0 bridgehead atoms. The Hall–Kier alpha value is -0.430. The fourth-order valence-corrected chi connectivity index (χ4v) is 4.14. The predicted molar refractivity (Wildman–Crippen MR) is 81.3 cm³/mol. The highest BCUT2D eigenvalue weighted by molar-refractivity contribution is 9.10. The van der Waals surface area contributed by atoms with Crippen LogP contribution in [0.4, 0.5) is 0 Å². The Balaban J connectivity index is 3.01. The summed E-state index contributed by atoms with van der Waals surface area (Å²) in [6.07, 6.45) is 0.928. The van der Waals surface area contributed by atoms with Crippen molar-refractivity contribution in [1.82, 2.24) is 4.72 Å². The van der Waals surface area contributed by atoms with E-state index >= 15 is 0 Å². The van der Waals surface area contributed by atoms with Gasteiger partial charge in [-0.3, -0.25) is 0 Å². The lowest BCUT2D eigenvalue weighted by molar-refractivity contribution is 0.434. The van der Waals surface area contributed by atoms with Gasteiger partial charge in [-0.1, -0.05) is 26.3 Å². The summed E-state index contributed by atoms with van der Waals surface area (Å²) in [7, 11) is -3.51. The molecule has 2 atom stereocenters. The second kappa shape index (κ2) is 6.83. The normalized spacial score (nSPS) is 15.2. The first-order valence-electron chi connectivity index (χ1n) is 6.32. The molecule has 0 aliphatic rings. The van der Waals surface area contributed by atoms with Crippen LogP contribution in [0.15, 0.2) is 27.6 Å². The van der Waals surface area contributed by atoms with E-state index in [0.717, 1.165) is 12.0 Å². The van der Waals surface area contributed by atoms with Crippen molar-refractivity contribution in [2.45, 2.75) is 44.7 Å². The van der Waals surface area contributed by atoms with Crippen LogP contribution < -0.4 is 10.5 Å². The number of nitrogens with two attached hydrogens (primary N) is 1. The van der Waals surface area contributed by atoms with Gasteiger partial charge in [0.15, 0.2) is 0 Å². The van der Waals surface area contributed by atoms with Gasteiger partial charge in [-0.15, -0.1) is 0 Å². The van der Waals surface area contributed by atoms with Crippen LogP contribution in [0.3, 0.4) is 0 Å². The summed E-state index contributed by atoms with van der Waals surface area (Å²) < 4.78 is 27.9. The Morgan fingerprint density at radius 3 is 2.47 bits per heavy atom. The van der Waals surface area contributed by atoms with Crippen LogP contribution in [0, 0.1) is 5.92 Å². The van der Waals surface area contributed by atoms with Gasteiger partial charge in [-0.05, 0) is 46.5 Å². The van der Waals surface area contributed by atoms with Gasteiger partial charge in [-0.25, -0.2) is 13.1 Å². The maximum absolute atomic E-state index is 12.3. The van der Waals surface area contributed by atoms with Crippen LogP contribution in [-0.2, 0) is 16.6 Å². The lowest BCUT2D eigenvalue weighted by Gasteiger charge is -2.20. The molecule has 1 aromatic rings. The average molecular weight is 349 g/mol. The second-order valence-corrected chi connectivity index (χ2v) is 7.30. The lowest BCUT2D eigenvalue weighted by atomic mass is 10.0. The molecule has 0 amide bonds. The summed E-state index contributed by atoms with van der Waals surface area (Å²) >= 11 is 3.29. The number of hydrogen-bond donors (Lipinski definition) is 2. The molecule has 3 N–H and O–H groups in total. The maximum atomic E-state index is 12.3. The molecule has 19 heavy (non-hydrogen) atoms. The smallest absolute Gasteiger partial charge is 0.241 e. The Labute approximate surface area is 124 Å². The maximum Gasteiger partial charge on any atom is 0.241 e. The molecular weight excluding hydrogens is 328 g/mol. The van der Waals surface area contributed by atoms with Crippen molar-refractivity contribution in [3.05, 3.63) is 28.2 Å². The third kappa shape index (κ3) is 4.27. The minimum atomic E-state index is -3.51. The third-order valence-electron chi connectivity index (χ3n) is 3.36. The zero-order valence-corrected chi connectivity index (χ0v) is 13.9. The number of halogens is 1. The summed E-state index contributed by atoms with van der Waals surface area (Å²) in [4.78, 5) is 0.250. The van der Waals surface area contributed by atoms with Crippen molar-refractivity contribution in [2.24, 2.45) is 11.7 Å². The molecular formula is C13H21BrN2O2S. The first kappa shape index (κ1) is 16.6. The van der Waals surface area contributed by atoms with Crippen LogP contribution in [0.25, 0.3) is 0 Å². The average Bonchev–Trinajstić information content (AvgIpc) is 2.36. The molecule has 6 heteroatoms. The van der Waals surface area contributed by atoms with Gasteiger partial charge in [0.25, 0.3) is 0 Å². The molecule has 2 unspecified atom stereocenters. The van der Waals surface area contributed by atoms with Crippen molar-refractivity contribution in [1.29, 1.82) is 0 Å². The van der Waals surface area contributed by atoms with E-state index in [-0.39, 0.29) is 16.9 Å². The van der Waals surface area contributed by atoms with Gasteiger partial charge in [0.1, 0.15) is 0 Å². The van der Waals surface area contributed by atoms with Crippen LogP contribution in [0.2, 0.25) is 0 Å². The van der Waals surface area contributed by atoms with E-state index < -0.39 is 10.0 Å². The molecule has 0 saturated carbocycles. The second-order valence-electron chi connectivity index (χ2n) is 4.76. The molecule has 1 rings (SSSR count). The van der Waals surface area contributed by atoms with E-state index in [1.807, 2.05) is 20.8 Å². The number of hydrogen-bond acceptors (Lipinski definition) is 3. The lowest BCUT2D eigenvalue weighted by Crippen LogP contribution is -2.37. The van der Waals surface area contributed by atoms with Gasteiger partial charge < -0.3 is 5.73 Å². The zero-order chi connectivity index (χ0) is 14.6. The number of sulfonamides is 1. The highest BCUT2D eigenvalue weighted by atomic mass is 79.9. The first-order valence-corrected chi connectivity index (χ1v) is 8.60. The molecule has 0 aliphatic carbocycles. The molecule has 0 saturated heterocycles. The fourth-order valence-electron chi connectivity index (χ4n) is 1.67. The Morgan fingerprint density at radius 2 is 2.00 bits per heavy atom. The quantitative estimate of drug-likeness (QED) is 0.829. The summed E-state index contributed by atoms with van der Waals surface area (Å²) in [5.41, 5.74) is 6.42. The number of rotatable bonds is 6. The van der Waals surface area contributed by atoms with E-state index in [4.69, 9.17) is 5.73 Å². The van der Waals surface area contributed by atoms with Crippen molar-refractivity contribution in [3.8, 4) is 0 Å². The first-order chi connectivity index (χ1) is 8.81. The fraction of sp³-hybridized carbons (Fsp3) is 0.538. The molecule has 0 radical (unpaired) electrons. The van der Waals surface area contributed by atoms with E-state index in [2.05, 4.69) is 20.7 Å². The largest absolute Gasteiger partial charge is 0.326 e. The molecule has 0 aromatic heterocycles. The molecule has 0 spiro atoms. The SMILES string of the molecule is CCC(C)C(C)NS(=O)(=O)c1ccc(CN)cc1Br. The van der Waals surface area contributed by atoms with Crippen LogP contribution >= 0.6 is 15.9 Å². The monoisotopic (exact) mass is 348 g/mol. The molecule has 108 valence electrons. The standard InChI is InChI=1S/C13H21BrN2O2S/c1-4-9(2)10(3)16-19(17,18)13-6-5-11(8-15)7-12(13)14/h5-7,9-10,16H,4,8,15H2,1-3H3. The minimum absolute atomic E-state index is 0.101.